The Balaban J connectivity index is 0.000000262. The van der Waals surface area contributed by atoms with Gasteiger partial charge in [-0.2, -0.15) is 0 Å². The first-order chi connectivity index (χ1) is 14.7. The van der Waals surface area contributed by atoms with Gasteiger partial charge in [0.1, 0.15) is 11.5 Å². The van der Waals surface area contributed by atoms with E-state index in [9.17, 15) is 19.7 Å². The maximum Gasteiger partial charge on any atom is 0.363 e. The Morgan fingerprint density at radius 2 is 1.48 bits per heavy atom. The molecular weight excluding hydrogens is 672 g/mol. The first-order valence-corrected chi connectivity index (χ1v) is 11.2. The van der Waals surface area contributed by atoms with Crippen LogP contribution in [0.4, 0.5) is 5.82 Å². The lowest BCUT2D eigenvalue weighted by Gasteiger charge is -2.08. The van der Waals surface area contributed by atoms with Gasteiger partial charge in [-0.25, -0.2) is 0 Å². The number of phenols is 1. The largest absolute Gasteiger partial charge is 0.507 e. The van der Waals surface area contributed by atoms with Gasteiger partial charge in [0, 0.05) is 26.1 Å². The minimum absolute atomic E-state index is 0.0651. The molecule has 2 aromatic carbocycles. The molecule has 0 unspecified atom stereocenters. The molecule has 0 fully saturated rings. The second-order valence-electron chi connectivity index (χ2n) is 5.58. The van der Waals surface area contributed by atoms with Crippen molar-refractivity contribution in [2.24, 2.45) is 0 Å². The van der Waals surface area contributed by atoms with Crippen LogP contribution in [0.5, 0.6) is 17.2 Å². The van der Waals surface area contributed by atoms with E-state index in [-0.39, 0.29) is 11.6 Å². The zero-order valence-electron chi connectivity index (χ0n) is 15.1. The van der Waals surface area contributed by atoms with E-state index in [1.54, 1.807) is 18.2 Å². The summed E-state index contributed by atoms with van der Waals surface area (Å²) >= 11 is 12.8. The van der Waals surface area contributed by atoms with Gasteiger partial charge in [0.05, 0.1) is 8.95 Å². The average Bonchev–Trinajstić information content (AvgIpc) is 2.73. The molecule has 1 N–H and O–H groups in total. The predicted octanol–water partition coefficient (Wildman–Crippen LogP) is 6.85. The number of aromatic hydroxyl groups is 1. The van der Waals surface area contributed by atoms with Gasteiger partial charge in [0.25, 0.3) is 0 Å². The van der Waals surface area contributed by atoms with Gasteiger partial charge in [0.2, 0.25) is 0 Å². The topological polar surface area (TPSA) is 120 Å². The Kier molecular flexibility index (Phi) is 9.29. The molecule has 0 saturated heterocycles. The number of ether oxygens (including phenoxy) is 1. The lowest BCUT2D eigenvalue weighted by molar-refractivity contribution is -0.389. The van der Waals surface area contributed by atoms with E-state index >= 15 is 0 Å². The summed E-state index contributed by atoms with van der Waals surface area (Å²) in [4.78, 5) is 34.8. The minimum Gasteiger partial charge on any atom is -0.507 e. The first kappa shape index (κ1) is 25.1. The summed E-state index contributed by atoms with van der Waals surface area (Å²) in [5.41, 5.74) is 0.865. The highest BCUT2D eigenvalue weighted by Gasteiger charge is 2.11. The predicted molar refractivity (Wildman–Crippen MR) is 127 cm³/mol. The number of carbonyl (C=O) groups is 2. The number of hydrogen-bond donors (Lipinski definition) is 1. The fraction of sp³-hybridized carbons (Fsp3) is 0. The Morgan fingerprint density at radius 3 is 2.00 bits per heavy atom. The molecule has 0 radical (unpaired) electrons. The first-order valence-electron chi connectivity index (χ1n) is 8.02. The Morgan fingerprint density at radius 1 is 0.903 bits per heavy atom. The molecule has 3 aromatic rings. The molecule has 0 aliphatic carbocycles. The van der Waals surface area contributed by atoms with Crippen LogP contribution in [-0.4, -0.2) is 27.6 Å². The number of phenolic OH excluding ortho intramolecular Hbond substituents is 1. The van der Waals surface area contributed by atoms with E-state index in [2.05, 4.69) is 68.7 Å². The highest BCUT2D eigenvalue weighted by atomic mass is 79.9. The van der Waals surface area contributed by atoms with E-state index < -0.39 is 4.92 Å². The van der Waals surface area contributed by atoms with Crippen LogP contribution < -0.4 is 4.74 Å². The molecule has 0 bridgehead atoms. The number of pyridine rings is 1. The standard InChI is InChI=1S/C12H6Br2N2O4.C7H4Br2O2/c13-9-4-10(14)11(3-7(9)6-17)20-8-1-2-12(15-5-8)16(18)19;8-5-2-6(9)7(11)1-4(5)3-10/h1-6H;1-3,11H. The van der Waals surface area contributed by atoms with E-state index in [0.717, 1.165) is 0 Å². The summed E-state index contributed by atoms with van der Waals surface area (Å²) in [7, 11) is 0. The fourth-order valence-corrected chi connectivity index (χ4v) is 4.28. The Labute approximate surface area is 209 Å². The van der Waals surface area contributed by atoms with Gasteiger partial charge in [-0.3, -0.25) is 9.59 Å². The van der Waals surface area contributed by atoms with Crippen LogP contribution in [0.25, 0.3) is 0 Å². The molecule has 8 nitrogen and oxygen atoms in total. The van der Waals surface area contributed by atoms with Gasteiger partial charge in [0.15, 0.2) is 24.5 Å². The summed E-state index contributed by atoms with van der Waals surface area (Å²) in [6, 6.07) is 8.91. The molecule has 3 rings (SSSR count). The number of aldehydes is 2. The van der Waals surface area contributed by atoms with Crippen molar-refractivity contribution in [2.45, 2.75) is 0 Å². The highest BCUT2D eigenvalue weighted by molar-refractivity contribution is 9.11. The van der Waals surface area contributed by atoms with Crippen molar-refractivity contribution in [3.05, 3.63) is 81.7 Å². The minimum atomic E-state index is -0.593. The summed E-state index contributed by atoms with van der Waals surface area (Å²) < 4.78 is 8.02. The second-order valence-corrected chi connectivity index (χ2v) is 8.99. The van der Waals surface area contributed by atoms with Crippen LogP contribution >= 0.6 is 63.7 Å². The molecule has 1 heterocycles. The van der Waals surface area contributed by atoms with Crippen LogP contribution in [0.1, 0.15) is 20.7 Å². The average molecular weight is 682 g/mol. The third-order valence-electron chi connectivity index (χ3n) is 3.51. The number of hydrogen-bond acceptors (Lipinski definition) is 7. The third-order valence-corrected chi connectivity index (χ3v) is 6.14. The van der Waals surface area contributed by atoms with Crippen molar-refractivity contribution in [1.82, 2.24) is 4.98 Å². The lowest BCUT2D eigenvalue weighted by atomic mass is 10.2. The Bertz CT molecular complexity index is 1140. The molecule has 0 atom stereocenters. The molecule has 31 heavy (non-hydrogen) atoms. The molecule has 0 amide bonds. The van der Waals surface area contributed by atoms with Crippen LogP contribution in [0.3, 0.4) is 0 Å². The van der Waals surface area contributed by atoms with Crippen molar-refractivity contribution < 1.29 is 24.4 Å². The zero-order chi connectivity index (χ0) is 23.1. The number of halogens is 4. The third kappa shape index (κ3) is 6.92. The number of benzene rings is 2. The Hall–Kier alpha value is -2.15. The van der Waals surface area contributed by atoms with Crippen molar-refractivity contribution in [2.75, 3.05) is 0 Å². The van der Waals surface area contributed by atoms with Crippen LogP contribution in [0.2, 0.25) is 0 Å². The zero-order valence-corrected chi connectivity index (χ0v) is 21.4. The SMILES string of the molecule is O=Cc1cc(O)c(Br)cc1Br.O=Cc1cc(Oc2ccc([N+](=O)[O-])nc2)c(Br)cc1Br. The van der Waals surface area contributed by atoms with E-state index in [4.69, 9.17) is 9.84 Å². The molecular formula is C19H10Br4N2O6. The molecule has 0 saturated carbocycles. The fourth-order valence-electron chi connectivity index (χ4n) is 2.03. The maximum absolute atomic E-state index is 10.9. The summed E-state index contributed by atoms with van der Waals surface area (Å²) in [5, 5.41) is 19.6. The van der Waals surface area contributed by atoms with Gasteiger partial charge in [-0.1, -0.05) is 31.9 Å². The number of nitro groups is 1. The number of rotatable bonds is 5. The lowest BCUT2D eigenvalue weighted by Crippen LogP contribution is -1.93. The normalized spacial score (nSPS) is 9.94. The monoisotopic (exact) mass is 678 g/mol. The number of nitrogens with zero attached hydrogens (tertiary/aromatic N) is 2. The van der Waals surface area contributed by atoms with E-state index in [0.29, 0.717) is 53.1 Å². The molecule has 0 aliphatic rings. The number of carbonyl (C=O) groups excluding carboxylic acids is 2. The van der Waals surface area contributed by atoms with Crippen LogP contribution in [-0.2, 0) is 0 Å². The quantitative estimate of drug-likeness (QED) is 0.178. The summed E-state index contributed by atoms with van der Waals surface area (Å²) in [6.07, 6.45) is 2.61. The number of aromatic nitrogens is 1. The summed E-state index contributed by atoms with van der Waals surface area (Å²) in [5.74, 6) is 0.539. The van der Waals surface area contributed by atoms with Crippen molar-refractivity contribution in [3.8, 4) is 17.2 Å². The molecule has 160 valence electrons. The highest BCUT2D eigenvalue weighted by Crippen LogP contribution is 2.34. The van der Waals surface area contributed by atoms with Crippen molar-refractivity contribution >= 4 is 82.1 Å². The smallest absolute Gasteiger partial charge is 0.363 e. The van der Waals surface area contributed by atoms with Crippen molar-refractivity contribution in [3.63, 3.8) is 0 Å². The maximum atomic E-state index is 10.9. The molecule has 0 aliphatic heterocycles. The van der Waals surface area contributed by atoms with Gasteiger partial charge in [-0.05, 0) is 72.1 Å². The molecule has 0 spiro atoms. The molecule has 12 heteroatoms. The second kappa shape index (κ2) is 11.5. The molecule has 1 aromatic heterocycles. The van der Waals surface area contributed by atoms with Gasteiger partial charge >= 0.3 is 5.82 Å². The van der Waals surface area contributed by atoms with E-state index in [1.807, 2.05) is 0 Å². The van der Waals surface area contributed by atoms with Crippen LogP contribution in [0.15, 0.2) is 60.5 Å². The van der Waals surface area contributed by atoms with Gasteiger partial charge < -0.3 is 20.0 Å². The van der Waals surface area contributed by atoms with Crippen LogP contribution in [0, 0.1) is 10.1 Å². The van der Waals surface area contributed by atoms with Gasteiger partial charge in [-0.15, -0.1) is 0 Å². The van der Waals surface area contributed by atoms with Crippen molar-refractivity contribution in [1.29, 1.82) is 0 Å². The summed E-state index contributed by atoms with van der Waals surface area (Å²) in [6.45, 7) is 0. The van der Waals surface area contributed by atoms with E-state index in [1.165, 1.54) is 24.4 Å².